The normalized spacial score (nSPS) is 10.9. The molecule has 0 aromatic carbocycles. The third-order valence-corrected chi connectivity index (χ3v) is 11.6. The van der Waals surface area contributed by atoms with E-state index in [0.717, 1.165) is 3.90 Å². The molecule has 0 aliphatic heterocycles. The molecule has 0 rings (SSSR count). The van der Waals surface area contributed by atoms with E-state index < -0.39 is 19.8 Å². The summed E-state index contributed by atoms with van der Waals surface area (Å²) in [5.74, 6) is 0. The summed E-state index contributed by atoms with van der Waals surface area (Å²) in [7, 11) is 0. The maximum absolute atomic E-state index is 5.93. The third-order valence-electron chi connectivity index (χ3n) is 1.96. The molecule has 0 heterocycles. The van der Waals surface area contributed by atoms with Gasteiger partial charge in [0.1, 0.15) is 0 Å². The van der Waals surface area contributed by atoms with Gasteiger partial charge in [-0.1, -0.05) is 0 Å². The van der Waals surface area contributed by atoms with Crippen LogP contribution in [0.3, 0.4) is 0 Å². The Hall–Kier alpha value is 1.09. The van der Waals surface area contributed by atoms with Crippen LogP contribution in [0, 0.1) is 0 Å². The van der Waals surface area contributed by atoms with Gasteiger partial charge in [-0.05, 0) is 0 Å². The Balaban J connectivity index is 3.25. The van der Waals surface area contributed by atoms with Crippen molar-refractivity contribution < 1.29 is 0 Å². The quantitative estimate of drug-likeness (QED) is 0.491. The molecule has 0 saturated heterocycles. The second-order valence-corrected chi connectivity index (χ2v) is 12.8. The van der Waals surface area contributed by atoms with Crippen LogP contribution >= 0.6 is 11.6 Å². The van der Waals surface area contributed by atoms with E-state index in [0.29, 0.717) is 0 Å². The first-order valence-corrected chi connectivity index (χ1v) is 11.3. The third kappa shape index (κ3) is 7.45. The van der Waals surface area contributed by atoms with Crippen molar-refractivity contribution >= 4 is 31.4 Å². The fraction of sp³-hybridized carbons (Fsp3) is 1.00. The number of hydrogen-bond donors (Lipinski definition) is 0. The van der Waals surface area contributed by atoms with Crippen molar-refractivity contribution in [2.45, 2.75) is 48.4 Å². The van der Waals surface area contributed by atoms with Gasteiger partial charge >= 0.3 is 83.7 Å². The monoisotopic (exact) mass is 283 g/mol. The molecule has 0 unspecified atom stereocenters. The van der Waals surface area contributed by atoms with Gasteiger partial charge in [0.2, 0.25) is 0 Å². The van der Waals surface area contributed by atoms with Crippen LogP contribution in [0.2, 0.25) is 8.87 Å². The molecule has 0 aliphatic carbocycles. The Morgan fingerprint density at radius 2 is 1.45 bits per heavy atom. The van der Waals surface area contributed by atoms with Crippen LogP contribution in [0.4, 0.5) is 0 Å². The Kier molecular flexibility index (Phi) is 10.1. The van der Waals surface area contributed by atoms with Crippen molar-refractivity contribution in [1.82, 2.24) is 0 Å². The summed E-state index contributed by atoms with van der Waals surface area (Å²) in [6.45, 7) is 4.55. The zero-order valence-corrected chi connectivity index (χ0v) is 11.4. The van der Waals surface area contributed by atoms with E-state index in [1.54, 1.807) is 0 Å². The Labute approximate surface area is 83.4 Å². The van der Waals surface area contributed by atoms with Crippen LogP contribution in [0.25, 0.3) is 0 Å². The van der Waals surface area contributed by atoms with E-state index in [9.17, 15) is 0 Å². The predicted octanol–water partition coefficient (Wildman–Crippen LogP) is 3.86. The van der Waals surface area contributed by atoms with Gasteiger partial charge < -0.3 is 0 Å². The fourth-order valence-corrected chi connectivity index (χ4v) is 9.25. The molecule has 0 nitrogen and oxygen atoms in total. The van der Waals surface area contributed by atoms with E-state index in [-0.39, 0.29) is 0 Å². The summed E-state index contributed by atoms with van der Waals surface area (Å²) in [5, 5.41) is 0. The molecule has 0 atom stereocenters. The van der Waals surface area contributed by atoms with Crippen LogP contribution in [0.1, 0.15) is 39.5 Å². The van der Waals surface area contributed by atoms with Crippen LogP contribution in [-0.4, -0.2) is 23.7 Å². The summed E-state index contributed by atoms with van der Waals surface area (Å²) in [6.07, 6.45) is 5.58. The summed E-state index contributed by atoms with van der Waals surface area (Å²) in [5.41, 5.74) is 0. The first-order valence-electron chi connectivity index (χ1n) is 4.74. The second-order valence-electron chi connectivity index (χ2n) is 3.09. The van der Waals surface area contributed by atoms with Gasteiger partial charge in [-0.3, -0.25) is 0 Å². The average Bonchev–Trinajstić information content (AvgIpc) is 2.05. The molecule has 67 valence electrons. The molecular formula is C9H20ClSn. The topological polar surface area (TPSA) is 0 Å². The minimum atomic E-state index is -1.01. The molecule has 0 fully saturated rings. The van der Waals surface area contributed by atoms with E-state index in [1.807, 2.05) is 0 Å². The molecule has 0 aromatic heterocycles. The fourth-order valence-electron chi connectivity index (χ4n) is 1.11. The zero-order valence-electron chi connectivity index (χ0n) is 7.83. The van der Waals surface area contributed by atoms with Gasteiger partial charge in [0.05, 0.1) is 0 Å². The molecule has 11 heavy (non-hydrogen) atoms. The number of alkyl halides is 1. The van der Waals surface area contributed by atoms with Crippen LogP contribution < -0.4 is 0 Å². The van der Waals surface area contributed by atoms with Gasteiger partial charge in [-0.2, -0.15) is 0 Å². The molecule has 0 amide bonds. The molecular weight excluding hydrogens is 262 g/mol. The average molecular weight is 282 g/mol. The minimum absolute atomic E-state index is 1.01. The van der Waals surface area contributed by atoms with Crippen molar-refractivity contribution in [2.24, 2.45) is 0 Å². The summed E-state index contributed by atoms with van der Waals surface area (Å²) < 4.78 is 4.12. The van der Waals surface area contributed by atoms with Crippen molar-refractivity contribution in [1.29, 1.82) is 0 Å². The van der Waals surface area contributed by atoms with Crippen molar-refractivity contribution in [2.75, 3.05) is 3.90 Å². The SMILES string of the molecule is CCC[CH2][Sn]([CH2]Cl)[CH2]CCC. The van der Waals surface area contributed by atoms with Gasteiger partial charge in [0, 0.05) is 0 Å². The summed E-state index contributed by atoms with van der Waals surface area (Å²) in [4.78, 5) is 0. The number of unbranched alkanes of at least 4 members (excludes halogenated alkanes) is 2. The Bertz CT molecular complexity index is 68.0. The molecule has 0 aliphatic rings. The van der Waals surface area contributed by atoms with Crippen molar-refractivity contribution in [3.05, 3.63) is 0 Å². The first kappa shape index (κ1) is 12.1. The Morgan fingerprint density at radius 1 is 1.00 bits per heavy atom. The van der Waals surface area contributed by atoms with E-state index in [1.165, 1.54) is 34.6 Å². The van der Waals surface area contributed by atoms with Gasteiger partial charge in [0.25, 0.3) is 0 Å². The van der Waals surface area contributed by atoms with Gasteiger partial charge in [-0.25, -0.2) is 0 Å². The molecule has 1 radical (unpaired) electrons. The number of hydrogen-bond acceptors (Lipinski definition) is 0. The summed E-state index contributed by atoms with van der Waals surface area (Å²) >= 11 is 4.91. The maximum atomic E-state index is 5.93. The number of rotatable bonds is 7. The van der Waals surface area contributed by atoms with Gasteiger partial charge in [0.15, 0.2) is 0 Å². The van der Waals surface area contributed by atoms with Crippen LogP contribution in [0.5, 0.6) is 0 Å². The molecule has 2 heteroatoms. The first-order chi connectivity index (χ1) is 5.35. The molecule has 0 aromatic rings. The standard InChI is InChI=1S/2C4H9.CH2Cl.Sn/c2*1-3-4-2;1-2;/h2*1,3-4H2,2H3;1H2;. The second kappa shape index (κ2) is 9.18. The predicted molar refractivity (Wildman–Crippen MR) is 55.9 cm³/mol. The van der Waals surface area contributed by atoms with Crippen LogP contribution in [-0.2, 0) is 0 Å². The zero-order chi connectivity index (χ0) is 8.53. The molecule has 0 bridgehead atoms. The molecule has 0 saturated carbocycles. The van der Waals surface area contributed by atoms with E-state index >= 15 is 0 Å². The Morgan fingerprint density at radius 3 is 1.73 bits per heavy atom. The van der Waals surface area contributed by atoms with Crippen molar-refractivity contribution in [3.8, 4) is 0 Å². The molecule has 0 spiro atoms. The molecule has 0 N–H and O–H groups in total. The van der Waals surface area contributed by atoms with Crippen LogP contribution in [0.15, 0.2) is 0 Å². The van der Waals surface area contributed by atoms with Gasteiger partial charge in [-0.15, -0.1) is 0 Å². The van der Waals surface area contributed by atoms with E-state index in [4.69, 9.17) is 11.6 Å². The number of halogens is 1. The summed E-state index contributed by atoms with van der Waals surface area (Å²) in [6, 6.07) is 0. The van der Waals surface area contributed by atoms with Crippen molar-refractivity contribution in [3.63, 3.8) is 0 Å². The van der Waals surface area contributed by atoms with E-state index in [2.05, 4.69) is 13.8 Å².